The van der Waals surface area contributed by atoms with Crippen molar-refractivity contribution in [1.29, 1.82) is 0 Å². The average Bonchev–Trinajstić information content (AvgIpc) is 3.04. The molecular formula is C11H19N3O2S2. The first-order valence-corrected chi connectivity index (χ1v) is 8.16. The Morgan fingerprint density at radius 1 is 1.67 bits per heavy atom. The molecule has 2 rings (SSSR count). The maximum absolute atomic E-state index is 9.83. The fraction of sp³-hybridized carbons (Fsp3) is 0.818. The molecule has 0 aromatic carbocycles. The summed E-state index contributed by atoms with van der Waals surface area (Å²) in [5, 5.41) is 13.9. The molecule has 3 atom stereocenters. The number of aromatic nitrogens is 2. The van der Waals surface area contributed by atoms with Gasteiger partial charge in [-0.1, -0.05) is 6.42 Å². The fourth-order valence-corrected chi connectivity index (χ4v) is 3.52. The molecule has 3 unspecified atom stereocenters. The van der Waals surface area contributed by atoms with Crippen molar-refractivity contribution < 1.29 is 9.84 Å². The van der Waals surface area contributed by atoms with Gasteiger partial charge in [0.15, 0.2) is 0 Å². The lowest BCUT2D eigenvalue weighted by atomic mass is 10.2. The molecule has 0 aliphatic heterocycles. The molecule has 18 heavy (non-hydrogen) atoms. The largest absolute Gasteiger partial charge is 0.473 e. The predicted octanol–water partition coefficient (Wildman–Crippen LogP) is 1.15. The lowest BCUT2D eigenvalue weighted by molar-refractivity contribution is 0.102. The van der Waals surface area contributed by atoms with Gasteiger partial charge >= 0.3 is 0 Å². The van der Waals surface area contributed by atoms with Crippen LogP contribution in [0.5, 0.6) is 5.88 Å². The number of aliphatic hydroxyl groups excluding tert-OH is 1. The zero-order valence-corrected chi connectivity index (χ0v) is 12.0. The molecule has 1 fully saturated rings. The van der Waals surface area contributed by atoms with Crippen LogP contribution in [-0.4, -0.2) is 50.7 Å². The Hall–Kier alpha value is -0.370. The summed E-state index contributed by atoms with van der Waals surface area (Å²) in [5.41, 5.74) is 0. The topological polar surface area (TPSA) is 67.3 Å². The molecule has 1 aliphatic rings. The lowest BCUT2D eigenvalue weighted by Crippen LogP contribution is -2.40. The van der Waals surface area contributed by atoms with Gasteiger partial charge in [0.25, 0.3) is 0 Å². The van der Waals surface area contributed by atoms with E-state index in [0.717, 1.165) is 11.7 Å². The molecule has 1 aromatic heterocycles. The van der Waals surface area contributed by atoms with Gasteiger partial charge in [-0.2, -0.15) is 16.1 Å². The van der Waals surface area contributed by atoms with E-state index in [0.29, 0.717) is 23.7 Å². The molecule has 102 valence electrons. The van der Waals surface area contributed by atoms with Crippen LogP contribution in [0.25, 0.3) is 0 Å². The highest BCUT2D eigenvalue weighted by Gasteiger charge is 2.26. The third-order valence-corrected chi connectivity index (χ3v) is 4.77. The maximum atomic E-state index is 9.83. The summed E-state index contributed by atoms with van der Waals surface area (Å²) in [6.45, 7) is 0.828. The highest BCUT2D eigenvalue weighted by atomic mass is 32.2. The number of nitrogens with one attached hydrogen (secondary N) is 1. The van der Waals surface area contributed by atoms with Crippen molar-refractivity contribution in [2.45, 2.75) is 36.7 Å². The number of aliphatic hydroxyl groups is 1. The fourth-order valence-electron chi connectivity index (χ4n) is 2.19. The summed E-state index contributed by atoms with van der Waals surface area (Å²) in [5.74, 6) is 0.488. The van der Waals surface area contributed by atoms with Crippen LogP contribution in [0.1, 0.15) is 19.3 Å². The van der Waals surface area contributed by atoms with Crippen molar-refractivity contribution >= 4 is 23.5 Å². The van der Waals surface area contributed by atoms with Gasteiger partial charge < -0.3 is 15.2 Å². The van der Waals surface area contributed by atoms with Gasteiger partial charge in [-0.05, 0) is 19.1 Å². The number of hydrogen-bond donors (Lipinski definition) is 2. The first kappa shape index (κ1) is 14.0. The van der Waals surface area contributed by atoms with Crippen molar-refractivity contribution in [3.05, 3.63) is 6.20 Å². The second-order valence-corrected chi connectivity index (χ2v) is 6.06. The Balaban J connectivity index is 1.63. The number of hydrogen-bond acceptors (Lipinski definition) is 7. The minimum Gasteiger partial charge on any atom is -0.473 e. The average molecular weight is 289 g/mol. The second-order valence-electron chi connectivity index (χ2n) is 4.43. The van der Waals surface area contributed by atoms with E-state index in [-0.39, 0.29) is 6.61 Å². The van der Waals surface area contributed by atoms with Gasteiger partial charge in [-0.25, -0.2) is 0 Å². The van der Waals surface area contributed by atoms with Crippen LogP contribution >= 0.6 is 23.5 Å². The molecule has 1 heterocycles. The number of nitrogens with zero attached hydrogens (tertiary/aromatic N) is 2. The first-order chi connectivity index (χ1) is 8.79. The zero-order chi connectivity index (χ0) is 12.8. The highest BCUT2D eigenvalue weighted by Crippen LogP contribution is 2.28. The summed E-state index contributed by atoms with van der Waals surface area (Å²) in [7, 11) is 0. The van der Waals surface area contributed by atoms with E-state index in [1.165, 1.54) is 19.3 Å². The van der Waals surface area contributed by atoms with Crippen molar-refractivity contribution in [2.75, 3.05) is 19.4 Å². The molecule has 1 saturated carbocycles. The van der Waals surface area contributed by atoms with Gasteiger partial charge in [0, 0.05) is 17.8 Å². The Labute approximate surface area is 116 Å². The van der Waals surface area contributed by atoms with Gasteiger partial charge in [0.2, 0.25) is 5.88 Å². The van der Waals surface area contributed by atoms with Crippen LogP contribution in [0.3, 0.4) is 0 Å². The highest BCUT2D eigenvalue weighted by molar-refractivity contribution is 7.99. The van der Waals surface area contributed by atoms with Gasteiger partial charge in [-0.15, -0.1) is 4.37 Å². The third-order valence-electron chi connectivity index (χ3n) is 3.14. The van der Waals surface area contributed by atoms with Crippen LogP contribution in [-0.2, 0) is 0 Å². The van der Waals surface area contributed by atoms with E-state index in [1.807, 2.05) is 11.8 Å². The van der Waals surface area contributed by atoms with E-state index in [2.05, 4.69) is 20.3 Å². The summed E-state index contributed by atoms with van der Waals surface area (Å²) in [4.78, 5) is 0. The molecule has 0 radical (unpaired) electrons. The molecule has 1 aromatic rings. The molecule has 0 spiro atoms. The molecule has 0 amide bonds. The maximum Gasteiger partial charge on any atom is 0.245 e. The van der Waals surface area contributed by atoms with E-state index in [4.69, 9.17) is 4.74 Å². The first-order valence-electron chi connectivity index (χ1n) is 6.14. The van der Waals surface area contributed by atoms with Crippen molar-refractivity contribution in [3.63, 3.8) is 0 Å². The number of ether oxygens (including phenoxy) is 1. The molecule has 7 heteroatoms. The van der Waals surface area contributed by atoms with Crippen LogP contribution in [0.4, 0.5) is 0 Å². The Morgan fingerprint density at radius 3 is 3.28 bits per heavy atom. The van der Waals surface area contributed by atoms with Crippen LogP contribution < -0.4 is 10.1 Å². The minimum atomic E-state index is -0.505. The van der Waals surface area contributed by atoms with Gasteiger partial charge in [0.1, 0.15) is 18.9 Å². The third kappa shape index (κ3) is 4.08. The summed E-state index contributed by atoms with van der Waals surface area (Å²) < 4.78 is 13.1. The molecule has 2 N–H and O–H groups in total. The predicted molar refractivity (Wildman–Crippen MR) is 74.4 cm³/mol. The van der Waals surface area contributed by atoms with E-state index >= 15 is 0 Å². The van der Waals surface area contributed by atoms with Gasteiger partial charge in [-0.3, -0.25) is 0 Å². The summed E-state index contributed by atoms with van der Waals surface area (Å²) in [6.07, 6.45) is 6.96. The van der Waals surface area contributed by atoms with Crippen molar-refractivity contribution in [1.82, 2.24) is 14.1 Å². The molecule has 1 aliphatic carbocycles. The van der Waals surface area contributed by atoms with Crippen LogP contribution in [0.2, 0.25) is 0 Å². The molecule has 5 nitrogen and oxygen atoms in total. The van der Waals surface area contributed by atoms with Crippen LogP contribution in [0.15, 0.2) is 6.20 Å². The van der Waals surface area contributed by atoms with Crippen LogP contribution in [0, 0.1) is 0 Å². The number of rotatable bonds is 7. The molecular weight excluding hydrogens is 270 g/mol. The van der Waals surface area contributed by atoms with E-state index in [1.54, 1.807) is 6.20 Å². The van der Waals surface area contributed by atoms with E-state index in [9.17, 15) is 5.11 Å². The Morgan fingerprint density at radius 2 is 2.56 bits per heavy atom. The Bertz CT molecular complexity index is 337. The number of thioether (sulfide) groups is 1. The SMILES string of the molecule is CSC1CCCC1NCC(O)COc1cnsn1. The molecule has 0 bridgehead atoms. The normalized spacial score (nSPS) is 25.2. The quantitative estimate of drug-likeness (QED) is 0.785. The monoisotopic (exact) mass is 289 g/mol. The minimum absolute atomic E-state index is 0.259. The lowest BCUT2D eigenvalue weighted by Gasteiger charge is -2.21. The Kier molecular flexibility index (Phi) is 5.68. The zero-order valence-electron chi connectivity index (χ0n) is 10.4. The second kappa shape index (κ2) is 7.28. The van der Waals surface area contributed by atoms with E-state index < -0.39 is 6.10 Å². The molecule has 0 saturated heterocycles. The van der Waals surface area contributed by atoms with Gasteiger partial charge in [0.05, 0.1) is 11.7 Å². The van der Waals surface area contributed by atoms with Crippen molar-refractivity contribution in [2.24, 2.45) is 0 Å². The summed E-state index contributed by atoms with van der Waals surface area (Å²) in [6, 6.07) is 0.524. The standard InChI is InChI=1S/C11H19N3O2S2/c1-17-10-4-2-3-9(10)12-5-8(15)7-16-11-6-13-18-14-11/h6,8-10,12,15H,2-5,7H2,1H3. The summed E-state index contributed by atoms with van der Waals surface area (Å²) >= 11 is 3.01. The smallest absolute Gasteiger partial charge is 0.245 e. The van der Waals surface area contributed by atoms with Crippen molar-refractivity contribution in [3.8, 4) is 5.88 Å².